The van der Waals surface area contributed by atoms with Gasteiger partial charge in [-0.1, -0.05) is 6.92 Å². The summed E-state index contributed by atoms with van der Waals surface area (Å²) in [5.41, 5.74) is 0.977. The lowest BCUT2D eigenvalue weighted by Crippen LogP contribution is -2.54. The molecule has 5 heteroatoms. The van der Waals surface area contributed by atoms with Crippen LogP contribution in [0.1, 0.15) is 12.5 Å². The van der Waals surface area contributed by atoms with Crippen LogP contribution in [0.3, 0.4) is 0 Å². The molecule has 86 valence electrons. The molecule has 0 radical (unpaired) electrons. The van der Waals surface area contributed by atoms with Gasteiger partial charge in [-0.3, -0.25) is 4.79 Å². The fraction of sp³-hybridized carbons (Fsp3) is 0.250. The third-order valence-corrected chi connectivity index (χ3v) is 2.66. The molecule has 3 amide bonds. The normalized spacial score (nSPS) is 19.8. The number of rotatable bonds is 1. The molecule has 1 atom stereocenters. The van der Waals surface area contributed by atoms with E-state index in [0.717, 1.165) is 4.90 Å². The van der Waals surface area contributed by atoms with Gasteiger partial charge >= 0.3 is 6.03 Å². The van der Waals surface area contributed by atoms with Crippen LogP contribution in [0.4, 0.5) is 10.5 Å². The maximum absolute atomic E-state index is 11.9. The van der Waals surface area contributed by atoms with Crippen LogP contribution < -0.4 is 10.2 Å². The number of amides is 3. The maximum Gasteiger partial charge on any atom is 0.328 e. The Bertz CT molecular complexity index is 501. The van der Waals surface area contributed by atoms with Crippen molar-refractivity contribution in [3.8, 4) is 6.07 Å². The molecule has 1 aliphatic heterocycles. The molecular weight excluding hydrogens is 218 g/mol. The van der Waals surface area contributed by atoms with Crippen LogP contribution in [0.5, 0.6) is 0 Å². The van der Waals surface area contributed by atoms with E-state index in [1.807, 2.05) is 6.07 Å². The molecule has 0 bridgehead atoms. The highest BCUT2D eigenvalue weighted by molar-refractivity contribution is 6.16. The van der Waals surface area contributed by atoms with Gasteiger partial charge in [0.05, 0.1) is 23.2 Å². The summed E-state index contributed by atoms with van der Waals surface area (Å²) in [4.78, 5) is 24.6. The van der Waals surface area contributed by atoms with Gasteiger partial charge in [0.25, 0.3) is 0 Å². The van der Waals surface area contributed by atoms with E-state index in [1.54, 1.807) is 31.2 Å². The number of carbonyl (C=O) groups excluding carboxylic acids is 2. The molecule has 1 aliphatic rings. The Morgan fingerprint density at radius 2 is 2.00 bits per heavy atom. The number of urea groups is 1. The van der Waals surface area contributed by atoms with Crippen molar-refractivity contribution in [1.82, 2.24) is 5.32 Å². The van der Waals surface area contributed by atoms with Gasteiger partial charge in [0.15, 0.2) is 0 Å². The van der Waals surface area contributed by atoms with Crippen molar-refractivity contribution in [2.24, 2.45) is 5.92 Å². The van der Waals surface area contributed by atoms with Gasteiger partial charge in [0, 0.05) is 6.54 Å². The first kappa shape index (κ1) is 11.1. The second-order valence-electron chi connectivity index (χ2n) is 3.92. The fourth-order valence-electron chi connectivity index (χ4n) is 1.66. The van der Waals surface area contributed by atoms with E-state index in [4.69, 9.17) is 5.26 Å². The molecule has 0 aromatic heterocycles. The minimum atomic E-state index is -0.419. The van der Waals surface area contributed by atoms with Crippen LogP contribution >= 0.6 is 0 Å². The van der Waals surface area contributed by atoms with Crippen molar-refractivity contribution >= 4 is 17.6 Å². The lowest BCUT2D eigenvalue weighted by molar-refractivity contribution is -0.121. The highest BCUT2D eigenvalue weighted by Gasteiger charge is 2.32. The summed E-state index contributed by atoms with van der Waals surface area (Å²) in [5.74, 6) is -0.457. The van der Waals surface area contributed by atoms with Crippen LogP contribution in [0.15, 0.2) is 24.3 Å². The van der Waals surface area contributed by atoms with Crippen LogP contribution in [0.2, 0.25) is 0 Å². The third-order valence-electron chi connectivity index (χ3n) is 2.66. The molecule has 2 rings (SSSR count). The molecule has 1 fully saturated rings. The number of nitrogens with zero attached hydrogens (tertiary/aromatic N) is 2. The molecule has 1 saturated heterocycles. The Morgan fingerprint density at radius 1 is 1.35 bits per heavy atom. The van der Waals surface area contributed by atoms with Gasteiger partial charge in [0.2, 0.25) is 5.91 Å². The number of imide groups is 1. The van der Waals surface area contributed by atoms with Gasteiger partial charge in [-0.05, 0) is 24.3 Å². The minimum absolute atomic E-state index is 0.224. The van der Waals surface area contributed by atoms with E-state index < -0.39 is 6.03 Å². The third kappa shape index (κ3) is 1.97. The van der Waals surface area contributed by atoms with Crippen LogP contribution in [0, 0.1) is 17.2 Å². The molecular formula is C12H11N3O2. The van der Waals surface area contributed by atoms with Gasteiger partial charge < -0.3 is 5.32 Å². The van der Waals surface area contributed by atoms with Crippen molar-refractivity contribution in [3.05, 3.63) is 29.8 Å². The zero-order valence-electron chi connectivity index (χ0n) is 9.30. The summed E-state index contributed by atoms with van der Waals surface area (Å²) in [7, 11) is 0. The summed E-state index contributed by atoms with van der Waals surface area (Å²) >= 11 is 0. The predicted molar refractivity (Wildman–Crippen MR) is 61.2 cm³/mol. The number of hydrogen-bond acceptors (Lipinski definition) is 3. The minimum Gasteiger partial charge on any atom is -0.337 e. The largest absolute Gasteiger partial charge is 0.337 e. The first-order chi connectivity index (χ1) is 8.13. The molecule has 1 heterocycles. The molecule has 1 aromatic carbocycles. The van der Waals surface area contributed by atoms with E-state index in [2.05, 4.69) is 5.32 Å². The number of nitrogens with one attached hydrogen (secondary N) is 1. The fourth-order valence-corrected chi connectivity index (χ4v) is 1.66. The smallest absolute Gasteiger partial charge is 0.328 e. The number of benzene rings is 1. The topological polar surface area (TPSA) is 73.2 Å². The van der Waals surface area contributed by atoms with E-state index in [1.165, 1.54) is 0 Å². The summed E-state index contributed by atoms with van der Waals surface area (Å²) in [6.07, 6.45) is 0. The Balaban J connectivity index is 2.33. The zero-order valence-corrected chi connectivity index (χ0v) is 9.30. The number of nitriles is 1. The monoisotopic (exact) mass is 229 g/mol. The lowest BCUT2D eigenvalue weighted by Gasteiger charge is -2.29. The summed E-state index contributed by atoms with van der Waals surface area (Å²) in [5, 5.41) is 11.3. The van der Waals surface area contributed by atoms with Gasteiger partial charge in [0.1, 0.15) is 0 Å². The van der Waals surface area contributed by atoms with Crippen LogP contribution in [0.25, 0.3) is 0 Å². The number of anilines is 1. The molecule has 0 saturated carbocycles. The molecule has 1 unspecified atom stereocenters. The Kier molecular flexibility index (Phi) is 2.79. The molecule has 1 N–H and O–H groups in total. The number of hydrogen-bond donors (Lipinski definition) is 1. The first-order valence-corrected chi connectivity index (χ1v) is 5.25. The quantitative estimate of drug-likeness (QED) is 0.787. The highest BCUT2D eigenvalue weighted by Crippen LogP contribution is 2.20. The van der Waals surface area contributed by atoms with E-state index >= 15 is 0 Å². The standard InChI is InChI=1S/C12H11N3O2/c1-8-7-14-12(17)15(11(8)16)10-4-2-9(6-13)3-5-10/h2-5,8H,7H2,1H3,(H,14,17). The highest BCUT2D eigenvalue weighted by atomic mass is 16.2. The molecule has 17 heavy (non-hydrogen) atoms. The average molecular weight is 229 g/mol. The van der Waals surface area contributed by atoms with E-state index in [9.17, 15) is 9.59 Å². The van der Waals surface area contributed by atoms with E-state index in [0.29, 0.717) is 17.8 Å². The SMILES string of the molecule is CC1CNC(=O)N(c2ccc(C#N)cc2)C1=O. The van der Waals surface area contributed by atoms with Crippen molar-refractivity contribution in [3.63, 3.8) is 0 Å². The number of carbonyl (C=O) groups is 2. The lowest BCUT2D eigenvalue weighted by atomic mass is 10.1. The Labute approximate surface area is 98.6 Å². The molecule has 0 aliphatic carbocycles. The van der Waals surface area contributed by atoms with Crippen molar-refractivity contribution in [2.45, 2.75) is 6.92 Å². The van der Waals surface area contributed by atoms with Gasteiger partial charge in [-0.2, -0.15) is 5.26 Å². The zero-order chi connectivity index (χ0) is 12.4. The van der Waals surface area contributed by atoms with Crippen molar-refractivity contribution in [2.75, 3.05) is 11.4 Å². The maximum atomic E-state index is 11.9. The molecule has 0 spiro atoms. The van der Waals surface area contributed by atoms with Gasteiger partial charge in [-0.15, -0.1) is 0 Å². The van der Waals surface area contributed by atoms with Crippen LogP contribution in [-0.2, 0) is 4.79 Å². The predicted octanol–water partition coefficient (Wildman–Crippen LogP) is 1.25. The van der Waals surface area contributed by atoms with Crippen molar-refractivity contribution < 1.29 is 9.59 Å². The summed E-state index contributed by atoms with van der Waals surface area (Å²) < 4.78 is 0. The molecule has 5 nitrogen and oxygen atoms in total. The second-order valence-corrected chi connectivity index (χ2v) is 3.92. The van der Waals surface area contributed by atoms with Crippen LogP contribution in [-0.4, -0.2) is 18.5 Å². The van der Waals surface area contributed by atoms with E-state index in [-0.39, 0.29) is 11.8 Å². The molecule has 1 aromatic rings. The Morgan fingerprint density at radius 3 is 2.59 bits per heavy atom. The van der Waals surface area contributed by atoms with Gasteiger partial charge in [-0.25, -0.2) is 9.69 Å². The Hall–Kier alpha value is -2.35. The summed E-state index contributed by atoms with van der Waals surface area (Å²) in [6, 6.07) is 7.91. The summed E-state index contributed by atoms with van der Waals surface area (Å²) in [6.45, 7) is 2.13. The van der Waals surface area contributed by atoms with Crippen molar-refractivity contribution in [1.29, 1.82) is 5.26 Å². The second kappa shape index (κ2) is 4.26. The first-order valence-electron chi connectivity index (χ1n) is 5.25. The average Bonchev–Trinajstić information content (AvgIpc) is 2.35.